The van der Waals surface area contributed by atoms with Crippen LogP contribution in [0.3, 0.4) is 0 Å². The summed E-state index contributed by atoms with van der Waals surface area (Å²) >= 11 is 0. The molecule has 0 unspecified atom stereocenters. The molecular formula is C11H8OSi. The molecule has 13 heavy (non-hydrogen) atoms. The first-order chi connectivity index (χ1) is 5.90. The fourth-order valence-corrected chi connectivity index (χ4v) is 1.28. The van der Waals surface area contributed by atoms with Gasteiger partial charge in [-0.3, -0.25) is 4.79 Å². The van der Waals surface area contributed by atoms with Crippen molar-refractivity contribution in [2.75, 3.05) is 0 Å². The fraction of sp³-hybridized carbons (Fsp3) is 0. The van der Waals surface area contributed by atoms with Gasteiger partial charge in [0, 0.05) is 16.5 Å². The van der Waals surface area contributed by atoms with Crippen molar-refractivity contribution in [3.05, 3.63) is 48.0 Å². The Kier molecular flexibility index (Phi) is 2.98. The Morgan fingerprint density at radius 1 is 0.923 bits per heavy atom. The van der Waals surface area contributed by atoms with E-state index < -0.39 is 0 Å². The van der Waals surface area contributed by atoms with E-state index in [0.717, 1.165) is 17.2 Å². The zero-order chi connectivity index (χ0) is 8.39. The first kappa shape index (κ1) is 9.67. The lowest BCUT2D eigenvalue weighted by Crippen LogP contribution is -1.78. The summed E-state index contributed by atoms with van der Waals surface area (Å²) in [6, 6.07) is 13.7. The van der Waals surface area contributed by atoms with Gasteiger partial charge in [-0.1, -0.05) is 36.4 Å². The highest BCUT2D eigenvalue weighted by Gasteiger charge is 1.92. The molecule has 62 valence electrons. The molecule has 0 aliphatic carbocycles. The van der Waals surface area contributed by atoms with E-state index in [1.165, 1.54) is 5.39 Å². The Morgan fingerprint density at radius 3 is 2.31 bits per heavy atom. The highest BCUT2D eigenvalue weighted by molar-refractivity contribution is 5.88. The largest absolute Gasteiger partial charge is 0.298 e. The SMILES string of the molecule is O=Cc1ccc2ccccc2c1.[Si]. The summed E-state index contributed by atoms with van der Waals surface area (Å²) in [6.45, 7) is 0. The van der Waals surface area contributed by atoms with Gasteiger partial charge in [0.25, 0.3) is 0 Å². The Bertz CT molecular complexity index is 423. The Hall–Kier alpha value is -1.41. The molecule has 0 atom stereocenters. The Morgan fingerprint density at radius 2 is 1.62 bits per heavy atom. The average molecular weight is 184 g/mol. The third-order valence-electron chi connectivity index (χ3n) is 1.91. The third kappa shape index (κ3) is 1.84. The summed E-state index contributed by atoms with van der Waals surface area (Å²) in [5, 5.41) is 2.28. The van der Waals surface area contributed by atoms with Gasteiger partial charge in [-0.2, -0.15) is 0 Å². The maximum absolute atomic E-state index is 10.5. The minimum atomic E-state index is 0. The molecule has 2 heteroatoms. The number of hydrogen-bond donors (Lipinski definition) is 0. The summed E-state index contributed by atoms with van der Waals surface area (Å²) in [5.74, 6) is 0. The molecule has 0 aliphatic heterocycles. The molecule has 0 amide bonds. The van der Waals surface area contributed by atoms with Crippen LogP contribution in [0.1, 0.15) is 10.4 Å². The van der Waals surface area contributed by atoms with Crippen molar-refractivity contribution in [2.24, 2.45) is 0 Å². The van der Waals surface area contributed by atoms with Gasteiger partial charge in [0.1, 0.15) is 6.29 Å². The third-order valence-corrected chi connectivity index (χ3v) is 1.91. The lowest BCUT2D eigenvalue weighted by Gasteiger charge is -1.96. The molecule has 0 N–H and O–H groups in total. The fourth-order valence-electron chi connectivity index (χ4n) is 1.28. The van der Waals surface area contributed by atoms with Crippen molar-refractivity contribution in [2.45, 2.75) is 0 Å². The number of carbonyl (C=O) groups excluding carboxylic acids is 1. The Balaban J connectivity index is 0.000000845. The van der Waals surface area contributed by atoms with Crippen molar-refractivity contribution in [3.8, 4) is 0 Å². The van der Waals surface area contributed by atoms with Gasteiger partial charge >= 0.3 is 0 Å². The smallest absolute Gasteiger partial charge is 0.150 e. The molecule has 0 aliphatic rings. The standard InChI is InChI=1S/C11H8O.Si/c12-8-9-5-6-10-3-1-2-4-11(10)7-9;/h1-8H;. The minimum absolute atomic E-state index is 0. The summed E-state index contributed by atoms with van der Waals surface area (Å²) in [7, 11) is 0. The molecule has 4 radical (unpaired) electrons. The van der Waals surface area contributed by atoms with Crippen LogP contribution in [0.4, 0.5) is 0 Å². The number of fused-ring (bicyclic) bond motifs is 1. The normalized spacial score (nSPS) is 9.23. The van der Waals surface area contributed by atoms with Gasteiger partial charge in [0.05, 0.1) is 0 Å². The van der Waals surface area contributed by atoms with E-state index in [4.69, 9.17) is 0 Å². The van der Waals surface area contributed by atoms with E-state index in [0.29, 0.717) is 0 Å². The maximum Gasteiger partial charge on any atom is 0.150 e. The highest BCUT2D eigenvalue weighted by Crippen LogP contribution is 2.14. The van der Waals surface area contributed by atoms with Crippen molar-refractivity contribution in [1.82, 2.24) is 0 Å². The van der Waals surface area contributed by atoms with Gasteiger partial charge in [-0.25, -0.2) is 0 Å². The number of carbonyl (C=O) groups is 1. The van der Waals surface area contributed by atoms with Crippen LogP contribution in [0.15, 0.2) is 42.5 Å². The van der Waals surface area contributed by atoms with E-state index in [9.17, 15) is 4.79 Å². The van der Waals surface area contributed by atoms with Crippen LogP contribution in [0, 0.1) is 0 Å². The van der Waals surface area contributed by atoms with E-state index in [1.54, 1.807) is 0 Å². The number of rotatable bonds is 1. The van der Waals surface area contributed by atoms with Gasteiger partial charge < -0.3 is 0 Å². The van der Waals surface area contributed by atoms with E-state index in [-0.39, 0.29) is 11.0 Å². The number of aldehydes is 1. The molecule has 1 nitrogen and oxygen atoms in total. The predicted octanol–water partition coefficient (Wildman–Crippen LogP) is 2.27. The second-order valence-electron chi connectivity index (χ2n) is 2.72. The maximum atomic E-state index is 10.5. The topological polar surface area (TPSA) is 17.1 Å². The van der Waals surface area contributed by atoms with Crippen LogP contribution in [0.5, 0.6) is 0 Å². The van der Waals surface area contributed by atoms with Crippen LogP contribution in [-0.4, -0.2) is 17.3 Å². The molecule has 0 saturated heterocycles. The Labute approximate surface area is 81.4 Å². The van der Waals surface area contributed by atoms with E-state index in [2.05, 4.69) is 0 Å². The van der Waals surface area contributed by atoms with Crippen molar-refractivity contribution >= 4 is 28.0 Å². The molecule has 2 aromatic rings. The lowest BCUT2D eigenvalue weighted by molar-refractivity contribution is 0.112. The number of hydrogen-bond acceptors (Lipinski definition) is 1. The average Bonchev–Trinajstić information content (AvgIpc) is 2.17. The molecule has 0 spiro atoms. The molecule has 2 rings (SSSR count). The van der Waals surface area contributed by atoms with Crippen molar-refractivity contribution in [3.63, 3.8) is 0 Å². The zero-order valence-electron chi connectivity index (χ0n) is 7.03. The molecule has 0 bridgehead atoms. The van der Waals surface area contributed by atoms with Crippen molar-refractivity contribution in [1.29, 1.82) is 0 Å². The van der Waals surface area contributed by atoms with E-state index >= 15 is 0 Å². The summed E-state index contributed by atoms with van der Waals surface area (Å²) in [6.07, 6.45) is 0.867. The first-order valence-electron chi connectivity index (χ1n) is 3.84. The van der Waals surface area contributed by atoms with Gasteiger partial charge in [-0.05, 0) is 16.8 Å². The summed E-state index contributed by atoms with van der Waals surface area (Å²) in [4.78, 5) is 10.5. The molecule has 2 aromatic carbocycles. The summed E-state index contributed by atoms with van der Waals surface area (Å²) < 4.78 is 0. The quantitative estimate of drug-likeness (QED) is 0.491. The zero-order valence-corrected chi connectivity index (χ0v) is 8.03. The predicted molar refractivity (Wildman–Crippen MR) is 55.1 cm³/mol. The van der Waals surface area contributed by atoms with Crippen molar-refractivity contribution < 1.29 is 4.79 Å². The monoisotopic (exact) mass is 184 g/mol. The number of benzene rings is 2. The van der Waals surface area contributed by atoms with Crippen LogP contribution < -0.4 is 0 Å². The molecule has 0 aromatic heterocycles. The molecule has 0 heterocycles. The highest BCUT2D eigenvalue weighted by atomic mass is 28.1. The summed E-state index contributed by atoms with van der Waals surface area (Å²) in [5.41, 5.74) is 0.730. The van der Waals surface area contributed by atoms with Crippen LogP contribution in [0.2, 0.25) is 0 Å². The first-order valence-corrected chi connectivity index (χ1v) is 3.84. The van der Waals surface area contributed by atoms with Crippen LogP contribution >= 0.6 is 0 Å². The second-order valence-corrected chi connectivity index (χ2v) is 2.72. The molecule has 0 fully saturated rings. The van der Waals surface area contributed by atoms with E-state index in [1.807, 2.05) is 42.5 Å². The molecular weight excluding hydrogens is 176 g/mol. The van der Waals surface area contributed by atoms with Crippen LogP contribution in [0.25, 0.3) is 10.8 Å². The van der Waals surface area contributed by atoms with Crippen LogP contribution in [-0.2, 0) is 0 Å². The van der Waals surface area contributed by atoms with Gasteiger partial charge in [0.15, 0.2) is 0 Å². The second kappa shape index (κ2) is 4.01. The van der Waals surface area contributed by atoms with Gasteiger partial charge in [0.2, 0.25) is 0 Å². The molecule has 0 saturated carbocycles. The van der Waals surface area contributed by atoms with Gasteiger partial charge in [-0.15, -0.1) is 0 Å². The minimum Gasteiger partial charge on any atom is -0.298 e. The lowest BCUT2D eigenvalue weighted by atomic mass is 10.1.